The van der Waals surface area contributed by atoms with E-state index in [4.69, 9.17) is 5.11 Å². The summed E-state index contributed by atoms with van der Waals surface area (Å²) < 4.78 is 31.5. The summed E-state index contributed by atoms with van der Waals surface area (Å²) in [7, 11) is 0. The summed E-state index contributed by atoms with van der Waals surface area (Å²) in [6.45, 7) is 0. The van der Waals surface area contributed by atoms with Crippen LogP contribution in [0.2, 0.25) is 0 Å². The largest absolute Gasteiger partial charge is 0.353 e. The van der Waals surface area contributed by atoms with E-state index in [-0.39, 0.29) is 0 Å². The van der Waals surface area contributed by atoms with Crippen LogP contribution in [0.15, 0.2) is 0 Å². The Morgan fingerprint density at radius 3 is 1.67 bits per heavy atom. The van der Waals surface area contributed by atoms with E-state index in [2.05, 4.69) is 0 Å². The molecule has 0 heterocycles. The zero-order chi connectivity index (χ0) is 5.15. The maximum Gasteiger partial charge on any atom is 0.333 e. The summed E-state index contributed by atoms with van der Waals surface area (Å²) in [6, 6.07) is 0. The molecule has 0 atom stereocenters. The third kappa shape index (κ3) is 2.02. The van der Waals surface area contributed by atoms with Gasteiger partial charge in [-0.3, -0.25) is 0 Å². The fourth-order valence-electron chi connectivity index (χ4n) is 0. The quantitative estimate of drug-likeness (QED) is 0.521. The molecule has 37 valence electrons. The first-order valence-electron chi connectivity index (χ1n) is 1.14. The predicted molar refractivity (Wildman–Crippen MR) is 12.3 cm³/mol. The topological polar surface area (TPSA) is 20.2 Å². The maximum atomic E-state index is 10.5. The molecule has 0 spiro atoms. The van der Waals surface area contributed by atoms with E-state index in [1.165, 1.54) is 0 Å². The first kappa shape index (κ1) is 5.75. The Hall–Kier alpha value is -0.250. The van der Waals surface area contributed by atoms with Crippen molar-refractivity contribution in [2.45, 2.75) is 6.43 Å². The average molecular weight is 99.0 g/mol. The normalized spacial score (nSPS) is 11.0. The molecule has 0 aliphatic heterocycles. The lowest BCUT2D eigenvalue weighted by Crippen LogP contribution is -1.98. The van der Waals surface area contributed by atoms with Gasteiger partial charge in [-0.2, -0.15) is 4.39 Å². The van der Waals surface area contributed by atoms with Crippen LogP contribution in [0.4, 0.5) is 13.2 Å². The number of halogens is 3. The Morgan fingerprint density at radius 1 is 1.50 bits per heavy atom. The van der Waals surface area contributed by atoms with Gasteiger partial charge < -0.3 is 5.11 Å². The summed E-state index contributed by atoms with van der Waals surface area (Å²) in [4.78, 5) is 0. The number of aliphatic hydroxyl groups excluding tert-OH is 1. The first-order chi connectivity index (χ1) is 2.64. The highest BCUT2D eigenvalue weighted by Crippen LogP contribution is 2.07. The Balaban J connectivity index is 2.99. The summed E-state index contributed by atoms with van der Waals surface area (Å²) in [5, 5.41) is 7.13. The number of hydrogen-bond donors (Lipinski definition) is 1. The molecule has 1 radical (unpaired) electrons. The Morgan fingerprint density at radius 2 is 1.67 bits per heavy atom. The van der Waals surface area contributed by atoms with Gasteiger partial charge in [0.1, 0.15) is 0 Å². The first-order valence-corrected chi connectivity index (χ1v) is 1.14. The van der Waals surface area contributed by atoms with Gasteiger partial charge in [0.05, 0.1) is 0 Å². The smallest absolute Gasteiger partial charge is 0.333 e. The van der Waals surface area contributed by atoms with Crippen LogP contribution in [-0.4, -0.2) is 11.5 Å². The monoisotopic (exact) mass is 99.0 g/mol. The minimum atomic E-state index is -3.34. The van der Waals surface area contributed by atoms with Crippen molar-refractivity contribution in [2.24, 2.45) is 0 Å². The molecule has 0 fully saturated rings. The van der Waals surface area contributed by atoms with Crippen LogP contribution in [0.5, 0.6) is 0 Å². The van der Waals surface area contributed by atoms with Gasteiger partial charge in [0.25, 0.3) is 0 Å². The van der Waals surface area contributed by atoms with Gasteiger partial charge in [-0.1, -0.05) is 0 Å². The van der Waals surface area contributed by atoms with Gasteiger partial charge in [-0.15, -0.1) is 0 Å². The number of aliphatic hydroxyl groups is 1. The van der Waals surface area contributed by atoms with Crippen LogP contribution in [-0.2, 0) is 0 Å². The summed E-state index contributed by atoms with van der Waals surface area (Å²) in [5.74, 6) is 0. The zero-order valence-electron chi connectivity index (χ0n) is 2.66. The van der Waals surface area contributed by atoms with Crippen LogP contribution in [0.25, 0.3) is 0 Å². The zero-order valence-corrected chi connectivity index (χ0v) is 2.66. The second-order valence-electron chi connectivity index (χ2n) is 0.623. The van der Waals surface area contributed by atoms with Crippen molar-refractivity contribution >= 4 is 0 Å². The van der Waals surface area contributed by atoms with Gasteiger partial charge in [-0.25, -0.2) is 8.78 Å². The molecule has 1 N–H and O–H groups in total. The molecule has 0 unspecified atom stereocenters. The molecule has 4 heteroatoms. The highest BCUT2D eigenvalue weighted by Gasteiger charge is 2.16. The van der Waals surface area contributed by atoms with Gasteiger partial charge in [-0.05, 0) is 0 Å². The van der Waals surface area contributed by atoms with Crippen molar-refractivity contribution in [1.82, 2.24) is 0 Å². The van der Waals surface area contributed by atoms with Crippen LogP contribution in [0, 0.1) is 6.36 Å². The van der Waals surface area contributed by atoms with Crippen LogP contribution < -0.4 is 0 Å². The number of rotatable bonds is 1. The standard InChI is InChI=1S/C2H2F3O/c3-1(4)2(5)6/h1,6H. The fraction of sp³-hybridized carbons (Fsp3) is 0.500. The lowest BCUT2D eigenvalue weighted by atomic mass is 10.7. The van der Waals surface area contributed by atoms with E-state index in [1.54, 1.807) is 0 Å². The van der Waals surface area contributed by atoms with E-state index in [0.717, 1.165) is 0 Å². The van der Waals surface area contributed by atoms with Crippen molar-refractivity contribution in [3.63, 3.8) is 0 Å². The van der Waals surface area contributed by atoms with Crippen molar-refractivity contribution < 1.29 is 18.3 Å². The molecular formula is C2H2F3O. The molecular weight excluding hydrogens is 97.0 g/mol. The lowest BCUT2D eigenvalue weighted by Gasteiger charge is -1.89. The minimum Gasteiger partial charge on any atom is -0.353 e. The average Bonchev–Trinajstić information content (AvgIpc) is 1.36. The molecule has 1 nitrogen and oxygen atoms in total. The van der Waals surface area contributed by atoms with Gasteiger partial charge in [0.15, 0.2) is 0 Å². The summed E-state index contributed by atoms with van der Waals surface area (Å²) in [5.41, 5.74) is 0. The molecule has 0 rings (SSSR count). The fourth-order valence-corrected chi connectivity index (χ4v) is 0. The number of hydrogen-bond acceptors (Lipinski definition) is 1. The van der Waals surface area contributed by atoms with Crippen molar-refractivity contribution in [3.8, 4) is 0 Å². The van der Waals surface area contributed by atoms with Crippen LogP contribution in [0.3, 0.4) is 0 Å². The molecule has 0 bridgehead atoms. The van der Waals surface area contributed by atoms with Crippen molar-refractivity contribution in [2.75, 3.05) is 0 Å². The van der Waals surface area contributed by atoms with Gasteiger partial charge >= 0.3 is 12.8 Å². The molecule has 0 saturated heterocycles. The van der Waals surface area contributed by atoms with Crippen LogP contribution >= 0.6 is 0 Å². The SMILES string of the molecule is O[C](F)C(F)F. The Kier molecular flexibility index (Phi) is 1.94. The molecule has 0 aromatic heterocycles. The third-order valence-corrected chi connectivity index (χ3v) is 0.180. The highest BCUT2D eigenvalue weighted by atomic mass is 19.3. The van der Waals surface area contributed by atoms with Gasteiger partial charge in [0, 0.05) is 0 Å². The van der Waals surface area contributed by atoms with E-state index >= 15 is 0 Å². The van der Waals surface area contributed by atoms with Crippen molar-refractivity contribution in [1.29, 1.82) is 0 Å². The molecule has 0 aliphatic rings. The Labute approximate surface area is 32.4 Å². The molecule has 0 amide bonds. The van der Waals surface area contributed by atoms with Crippen molar-refractivity contribution in [3.05, 3.63) is 6.36 Å². The minimum absolute atomic E-state index is 2.32. The highest BCUT2D eigenvalue weighted by molar-refractivity contribution is 4.58. The maximum absolute atomic E-state index is 10.5. The molecule has 0 aromatic rings. The predicted octanol–water partition coefficient (Wildman–Crippen LogP) is 1.08. The summed E-state index contributed by atoms with van der Waals surface area (Å²) in [6.07, 6.45) is -5.67. The lowest BCUT2D eigenvalue weighted by molar-refractivity contribution is 0.00790. The van der Waals surface area contributed by atoms with Gasteiger partial charge in [0.2, 0.25) is 0 Å². The number of alkyl halides is 2. The van der Waals surface area contributed by atoms with E-state index in [0.29, 0.717) is 0 Å². The molecule has 6 heavy (non-hydrogen) atoms. The molecule has 0 aliphatic carbocycles. The third-order valence-electron chi connectivity index (χ3n) is 0.180. The molecule has 0 saturated carbocycles. The van der Waals surface area contributed by atoms with E-state index < -0.39 is 12.8 Å². The van der Waals surface area contributed by atoms with E-state index in [1.807, 2.05) is 0 Å². The van der Waals surface area contributed by atoms with Crippen LogP contribution in [0.1, 0.15) is 0 Å². The molecule has 0 aromatic carbocycles. The second kappa shape index (κ2) is 2.02. The summed E-state index contributed by atoms with van der Waals surface area (Å²) >= 11 is 0. The van der Waals surface area contributed by atoms with E-state index in [9.17, 15) is 13.2 Å². The second-order valence-corrected chi connectivity index (χ2v) is 0.623. The Bertz CT molecular complexity index is 29.8.